The minimum absolute atomic E-state index is 0.0259. The molecule has 0 bridgehead atoms. The summed E-state index contributed by atoms with van der Waals surface area (Å²) in [6.45, 7) is 4.43. The molecule has 0 aromatic heterocycles. The van der Waals surface area contributed by atoms with E-state index in [0.29, 0.717) is 12.2 Å². The van der Waals surface area contributed by atoms with E-state index in [4.69, 9.17) is 9.47 Å². The molecule has 1 aromatic carbocycles. The average molecular weight is 423 g/mol. The maximum absolute atomic E-state index is 11.3. The van der Waals surface area contributed by atoms with E-state index in [0.717, 1.165) is 42.3 Å². The van der Waals surface area contributed by atoms with Gasteiger partial charge in [0.1, 0.15) is 0 Å². The number of nitro groups is 1. The first-order valence-electron chi connectivity index (χ1n) is 8.91. The van der Waals surface area contributed by atoms with E-state index < -0.39 is 6.29 Å². The molecule has 1 aliphatic carbocycles. The number of nitrogens with zero attached hydrogens (tertiary/aromatic N) is 2. The van der Waals surface area contributed by atoms with Gasteiger partial charge in [-0.3, -0.25) is 0 Å². The Bertz CT molecular complexity index is 699. The second-order valence-electron chi connectivity index (χ2n) is 5.95. The van der Waals surface area contributed by atoms with Gasteiger partial charge in [0.2, 0.25) is 0 Å². The third kappa shape index (κ3) is 5.31. The van der Waals surface area contributed by atoms with Gasteiger partial charge in [-0.05, 0) is 0 Å². The molecule has 0 radical (unpaired) electrons. The van der Waals surface area contributed by atoms with Crippen LogP contribution in [0.1, 0.15) is 46.0 Å². The Morgan fingerprint density at radius 1 is 1.31 bits per heavy atom. The molecule has 1 aromatic rings. The second kappa shape index (κ2) is 10.3. The van der Waals surface area contributed by atoms with Crippen molar-refractivity contribution < 1.29 is 14.4 Å². The van der Waals surface area contributed by atoms with Gasteiger partial charge in [-0.25, -0.2) is 0 Å². The molecule has 2 unspecified atom stereocenters. The van der Waals surface area contributed by atoms with Crippen molar-refractivity contribution in [2.75, 3.05) is 6.61 Å². The Hall–Kier alpha value is -1.87. The van der Waals surface area contributed by atoms with Crippen molar-refractivity contribution in [2.24, 2.45) is 0 Å². The van der Waals surface area contributed by atoms with Crippen LogP contribution in [0.25, 0.3) is 0 Å². The molecule has 0 saturated heterocycles. The van der Waals surface area contributed by atoms with Crippen molar-refractivity contribution >= 4 is 25.1 Å². The molecule has 1 aliphatic rings. The fourth-order valence-electron chi connectivity index (χ4n) is 2.85. The molecule has 2 rings (SSSR count). The first-order valence-corrected chi connectivity index (χ1v) is 10.8. The molecule has 0 aliphatic heterocycles. The van der Waals surface area contributed by atoms with Gasteiger partial charge in [0, 0.05) is 0 Å². The summed E-state index contributed by atoms with van der Waals surface area (Å²) in [5.74, 6) is 0.731. The summed E-state index contributed by atoms with van der Waals surface area (Å²) in [5, 5.41) is 20.6. The Morgan fingerprint density at radius 2 is 2.04 bits per heavy atom. The van der Waals surface area contributed by atoms with Gasteiger partial charge in [-0.2, -0.15) is 0 Å². The molecule has 7 heteroatoms. The van der Waals surface area contributed by atoms with Gasteiger partial charge in [-0.15, -0.1) is 0 Å². The van der Waals surface area contributed by atoms with Gasteiger partial charge in [0.15, 0.2) is 0 Å². The molecule has 26 heavy (non-hydrogen) atoms. The summed E-state index contributed by atoms with van der Waals surface area (Å²) >= 11 is -0.180. The van der Waals surface area contributed by atoms with Crippen molar-refractivity contribution in [3.8, 4) is 6.07 Å². The summed E-state index contributed by atoms with van der Waals surface area (Å²) in [6.07, 6.45) is 3.81. The number of allylic oxidation sites excluding steroid dienone is 2. The number of para-hydroxylation sites is 1. The van der Waals surface area contributed by atoms with Crippen LogP contribution in [0.5, 0.6) is 0 Å². The van der Waals surface area contributed by atoms with E-state index in [2.05, 4.69) is 6.07 Å². The zero-order valence-corrected chi connectivity index (χ0v) is 16.9. The fourth-order valence-corrected chi connectivity index (χ4v) is 5.28. The molecule has 2 atom stereocenters. The van der Waals surface area contributed by atoms with Crippen molar-refractivity contribution in [1.82, 2.24) is 0 Å². The van der Waals surface area contributed by atoms with Gasteiger partial charge in [0.05, 0.1) is 0 Å². The Balaban J connectivity index is 2.22. The number of nitriles is 1. The van der Waals surface area contributed by atoms with Crippen LogP contribution in [0.2, 0.25) is 4.82 Å². The molecule has 0 saturated carbocycles. The van der Waals surface area contributed by atoms with E-state index in [9.17, 15) is 15.4 Å². The van der Waals surface area contributed by atoms with Crippen LogP contribution >= 0.6 is 0 Å². The number of nitro benzene ring substituents is 1. The monoisotopic (exact) mass is 424 g/mol. The summed E-state index contributed by atoms with van der Waals surface area (Å²) in [4.78, 5) is 11.0. The molecule has 0 amide bonds. The maximum atomic E-state index is 11.3. The topological polar surface area (TPSA) is 85.4 Å². The van der Waals surface area contributed by atoms with Gasteiger partial charge in [-0.1, -0.05) is 0 Å². The number of hydrogen-bond acceptors (Lipinski definition) is 5. The van der Waals surface area contributed by atoms with Crippen molar-refractivity contribution in [1.29, 1.82) is 5.26 Å². The fraction of sp³-hybridized carbons (Fsp3) is 0.526. The SMILES string of the molecule is CCOC(OC1=C(C#N)CCCC1)C(CC)[Se]c1ccccc1[N+](=O)[O-]. The van der Waals surface area contributed by atoms with Crippen LogP contribution in [-0.2, 0) is 9.47 Å². The van der Waals surface area contributed by atoms with Gasteiger partial charge < -0.3 is 0 Å². The average Bonchev–Trinajstić information content (AvgIpc) is 2.66. The third-order valence-corrected chi connectivity index (χ3v) is 7.25. The van der Waals surface area contributed by atoms with Crippen molar-refractivity contribution in [3.05, 3.63) is 45.7 Å². The quantitative estimate of drug-likeness (QED) is 0.261. The molecular formula is C19H24N2O4Se. The van der Waals surface area contributed by atoms with Gasteiger partial charge in [0.25, 0.3) is 0 Å². The number of rotatable bonds is 9. The molecule has 0 spiro atoms. The molecule has 0 fully saturated rings. The Kier molecular flexibility index (Phi) is 8.11. The van der Waals surface area contributed by atoms with E-state index in [1.54, 1.807) is 6.07 Å². The predicted molar refractivity (Wildman–Crippen MR) is 100 cm³/mol. The minimum atomic E-state index is -0.485. The van der Waals surface area contributed by atoms with Crippen LogP contribution in [0.4, 0.5) is 5.69 Å². The van der Waals surface area contributed by atoms with Crippen molar-refractivity contribution in [3.63, 3.8) is 0 Å². The Labute approximate surface area is 160 Å². The van der Waals surface area contributed by atoms with E-state index in [1.807, 2.05) is 26.0 Å². The molecular weight excluding hydrogens is 399 g/mol. The van der Waals surface area contributed by atoms with Crippen LogP contribution in [0.15, 0.2) is 35.6 Å². The molecule has 140 valence electrons. The van der Waals surface area contributed by atoms with Crippen LogP contribution in [-0.4, -0.2) is 32.8 Å². The van der Waals surface area contributed by atoms with Gasteiger partial charge >= 0.3 is 160 Å². The zero-order valence-electron chi connectivity index (χ0n) is 15.1. The normalized spacial score (nSPS) is 16.7. The molecule has 6 nitrogen and oxygen atoms in total. The summed E-state index contributed by atoms with van der Waals surface area (Å²) in [6, 6.07) is 9.10. The van der Waals surface area contributed by atoms with Crippen molar-refractivity contribution in [2.45, 2.75) is 57.1 Å². The first kappa shape index (κ1) is 20.4. The number of benzene rings is 1. The molecule has 0 N–H and O–H groups in total. The molecule has 0 heterocycles. The third-order valence-electron chi connectivity index (χ3n) is 4.19. The zero-order chi connectivity index (χ0) is 18.9. The van der Waals surface area contributed by atoms with E-state index in [-0.39, 0.29) is 30.4 Å². The number of hydrogen-bond donors (Lipinski definition) is 0. The van der Waals surface area contributed by atoms with Crippen LogP contribution in [0.3, 0.4) is 0 Å². The predicted octanol–water partition coefficient (Wildman–Crippen LogP) is 3.85. The number of ether oxygens (including phenoxy) is 2. The van der Waals surface area contributed by atoms with E-state index in [1.165, 1.54) is 6.07 Å². The second-order valence-corrected chi connectivity index (χ2v) is 8.64. The summed E-state index contributed by atoms with van der Waals surface area (Å²) < 4.78 is 12.7. The standard InChI is InChI=1S/C19H24N2O4Se/c1-3-17(26-18-12-8-6-10-15(18)21(22)23)19(24-4-2)25-16-11-7-5-9-14(16)13-20/h6,8,10,12,17,19H,3-5,7,9,11H2,1-2H3. The first-order chi connectivity index (χ1) is 12.6. The summed E-state index contributed by atoms with van der Waals surface area (Å²) in [5.41, 5.74) is 0.852. The van der Waals surface area contributed by atoms with Crippen LogP contribution in [0, 0.1) is 21.4 Å². The van der Waals surface area contributed by atoms with Crippen LogP contribution < -0.4 is 4.46 Å². The Morgan fingerprint density at radius 3 is 2.69 bits per heavy atom. The summed E-state index contributed by atoms with van der Waals surface area (Å²) in [7, 11) is 0. The van der Waals surface area contributed by atoms with E-state index >= 15 is 0 Å².